The molecule has 0 radical (unpaired) electrons. The average molecular weight is 322 g/mol. The highest BCUT2D eigenvalue weighted by molar-refractivity contribution is 7.92. The van der Waals surface area contributed by atoms with Crippen LogP contribution in [0, 0.1) is 10.1 Å². The van der Waals surface area contributed by atoms with E-state index in [9.17, 15) is 18.5 Å². The lowest BCUT2D eigenvalue weighted by Gasteiger charge is -2.09. The summed E-state index contributed by atoms with van der Waals surface area (Å²) in [5.41, 5.74) is -0.178. The number of nitrogens with zero attached hydrogens (tertiary/aromatic N) is 1. The van der Waals surface area contributed by atoms with Gasteiger partial charge in [-0.3, -0.25) is 14.8 Å². The first kappa shape index (κ1) is 15.8. The molecule has 22 heavy (non-hydrogen) atoms. The van der Waals surface area contributed by atoms with Gasteiger partial charge in [-0.05, 0) is 37.3 Å². The van der Waals surface area contributed by atoms with Crippen LogP contribution < -0.4 is 9.46 Å². The van der Waals surface area contributed by atoms with Gasteiger partial charge in [0, 0.05) is 11.8 Å². The summed E-state index contributed by atoms with van der Waals surface area (Å²) in [4.78, 5) is 9.82. The van der Waals surface area contributed by atoms with Crippen LogP contribution in [0.5, 0.6) is 5.75 Å². The van der Waals surface area contributed by atoms with E-state index in [0.717, 1.165) is 6.07 Å². The van der Waals surface area contributed by atoms with E-state index in [4.69, 9.17) is 4.74 Å². The Balaban J connectivity index is 2.30. The van der Waals surface area contributed by atoms with Crippen LogP contribution in [-0.4, -0.2) is 19.9 Å². The van der Waals surface area contributed by atoms with E-state index in [1.165, 1.54) is 30.3 Å². The first-order chi connectivity index (χ1) is 10.4. The van der Waals surface area contributed by atoms with Gasteiger partial charge in [0.25, 0.3) is 15.7 Å². The first-order valence-electron chi connectivity index (χ1n) is 6.43. The Morgan fingerprint density at radius 1 is 1.14 bits per heavy atom. The van der Waals surface area contributed by atoms with Gasteiger partial charge in [0.05, 0.1) is 11.5 Å². The van der Waals surface area contributed by atoms with Gasteiger partial charge in [0.15, 0.2) is 4.90 Å². The number of nitrogens with one attached hydrogen (secondary N) is 1. The minimum absolute atomic E-state index is 0.293. The zero-order valence-electron chi connectivity index (χ0n) is 11.7. The number of anilines is 1. The maximum Gasteiger partial charge on any atom is 0.289 e. The molecule has 0 atom stereocenters. The van der Waals surface area contributed by atoms with Crippen molar-refractivity contribution in [3.05, 3.63) is 58.6 Å². The van der Waals surface area contributed by atoms with Crippen molar-refractivity contribution in [2.45, 2.75) is 11.8 Å². The second kappa shape index (κ2) is 6.44. The third kappa shape index (κ3) is 3.53. The maximum absolute atomic E-state index is 12.3. The Kier molecular flexibility index (Phi) is 4.62. The first-order valence-corrected chi connectivity index (χ1v) is 7.91. The highest BCUT2D eigenvalue weighted by atomic mass is 32.2. The van der Waals surface area contributed by atoms with E-state index in [-0.39, 0.29) is 4.90 Å². The van der Waals surface area contributed by atoms with E-state index in [2.05, 4.69) is 4.72 Å². The van der Waals surface area contributed by atoms with E-state index >= 15 is 0 Å². The Morgan fingerprint density at radius 3 is 2.36 bits per heavy atom. The average Bonchev–Trinajstić information content (AvgIpc) is 2.49. The van der Waals surface area contributed by atoms with Crippen LogP contribution in [0.15, 0.2) is 53.4 Å². The number of para-hydroxylation sites is 1. The van der Waals surface area contributed by atoms with Crippen molar-refractivity contribution in [2.75, 3.05) is 11.3 Å². The van der Waals surface area contributed by atoms with Crippen molar-refractivity contribution < 1.29 is 18.1 Å². The molecule has 0 saturated heterocycles. The standard InChI is InChI=1S/C14H14N2O5S/c1-2-21-12-9-7-11(8-10-12)15-22(19,20)14-6-4-3-5-13(14)16(17)18/h3-10,15H,2H2,1H3. The summed E-state index contributed by atoms with van der Waals surface area (Å²) < 4.78 is 32.2. The van der Waals surface area contributed by atoms with Crippen molar-refractivity contribution in [1.29, 1.82) is 0 Å². The maximum atomic E-state index is 12.3. The fourth-order valence-corrected chi connectivity index (χ4v) is 3.06. The Labute approximate surface area is 127 Å². The zero-order chi connectivity index (χ0) is 16.2. The normalized spacial score (nSPS) is 11.0. The van der Waals surface area contributed by atoms with Gasteiger partial charge in [-0.1, -0.05) is 12.1 Å². The molecule has 0 bridgehead atoms. The molecule has 1 N–H and O–H groups in total. The molecular formula is C14H14N2O5S. The van der Waals surface area contributed by atoms with Gasteiger partial charge in [-0.2, -0.15) is 0 Å². The zero-order valence-corrected chi connectivity index (χ0v) is 12.5. The molecule has 0 aliphatic rings. The summed E-state index contributed by atoms with van der Waals surface area (Å²) in [7, 11) is -4.05. The quantitative estimate of drug-likeness (QED) is 0.651. The summed E-state index contributed by atoms with van der Waals surface area (Å²) in [5.74, 6) is 0.608. The van der Waals surface area contributed by atoms with Crippen molar-refractivity contribution in [3.63, 3.8) is 0 Å². The number of benzene rings is 2. The summed E-state index contributed by atoms with van der Waals surface area (Å²) in [5, 5.41) is 10.9. The van der Waals surface area contributed by atoms with Crippen LogP contribution in [0.1, 0.15) is 6.92 Å². The van der Waals surface area contributed by atoms with Crippen molar-refractivity contribution >= 4 is 21.4 Å². The number of sulfonamides is 1. The third-order valence-corrected chi connectivity index (χ3v) is 4.20. The van der Waals surface area contributed by atoms with E-state index in [1.54, 1.807) is 12.1 Å². The van der Waals surface area contributed by atoms with Crippen LogP contribution >= 0.6 is 0 Å². The summed E-state index contributed by atoms with van der Waals surface area (Å²) >= 11 is 0. The molecule has 7 nitrogen and oxygen atoms in total. The molecule has 2 rings (SSSR count). The minimum atomic E-state index is -4.05. The number of hydrogen-bond acceptors (Lipinski definition) is 5. The molecule has 0 unspecified atom stereocenters. The molecule has 0 heterocycles. The molecule has 2 aromatic rings. The number of hydrogen-bond donors (Lipinski definition) is 1. The molecule has 0 aliphatic carbocycles. The molecule has 0 spiro atoms. The lowest BCUT2D eigenvalue weighted by atomic mass is 10.3. The van der Waals surface area contributed by atoms with Crippen LogP contribution in [-0.2, 0) is 10.0 Å². The summed E-state index contributed by atoms with van der Waals surface area (Å²) in [6.45, 7) is 2.34. The molecule has 0 aliphatic heterocycles. The SMILES string of the molecule is CCOc1ccc(NS(=O)(=O)c2ccccc2[N+](=O)[O-])cc1. The van der Waals surface area contributed by atoms with E-state index in [1.807, 2.05) is 6.92 Å². The van der Waals surface area contributed by atoms with Gasteiger partial charge in [0.1, 0.15) is 5.75 Å². The monoisotopic (exact) mass is 322 g/mol. The molecule has 0 saturated carbocycles. The van der Waals surface area contributed by atoms with E-state index in [0.29, 0.717) is 18.0 Å². The van der Waals surface area contributed by atoms with Crippen molar-refractivity contribution in [3.8, 4) is 5.75 Å². The van der Waals surface area contributed by atoms with Crippen LogP contribution in [0.4, 0.5) is 11.4 Å². The van der Waals surface area contributed by atoms with Gasteiger partial charge < -0.3 is 4.74 Å². The molecule has 8 heteroatoms. The predicted octanol–water partition coefficient (Wildman–Crippen LogP) is 2.79. The Bertz CT molecular complexity index is 772. The molecular weight excluding hydrogens is 308 g/mol. The number of nitro benzene ring substituents is 1. The number of ether oxygens (including phenoxy) is 1. The predicted molar refractivity (Wildman–Crippen MR) is 81.5 cm³/mol. The molecule has 0 aromatic heterocycles. The van der Waals surface area contributed by atoms with E-state index < -0.39 is 20.6 Å². The Hall–Kier alpha value is -2.61. The van der Waals surface area contributed by atoms with Gasteiger partial charge in [0.2, 0.25) is 0 Å². The lowest BCUT2D eigenvalue weighted by molar-refractivity contribution is -0.387. The summed E-state index contributed by atoms with van der Waals surface area (Å²) in [6, 6.07) is 11.5. The second-order valence-corrected chi connectivity index (χ2v) is 5.94. The largest absolute Gasteiger partial charge is 0.494 e. The minimum Gasteiger partial charge on any atom is -0.494 e. The molecule has 0 amide bonds. The van der Waals surface area contributed by atoms with Gasteiger partial charge >= 0.3 is 0 Å². The van der Waals surface area contributed by atoms with Crippen molar-refractivity contribution in [2.24, 2.45) is 0 Å². The fraction of sp³-hybridized carbons (Fsp3) is 0.143. The van der Waals surface area contributed by atoms with Crippen LogP contribution in [0.2, 0.25) is 0 Å². The smallest absolute Gasteiger partial charge is 0.289 e. The van der Waals surface area contributed by atoms with Crippen LogP contribution in [0.3, 0.4) is 0 Å². The Morgan fingerprint density at radius 2 is 1.77 bits per heavy atom. The lowest BCUT2D eigenvalue weighted by Crippen LogP contribution is -2.14. The van der Waals surface area contributed by atoms with Gasteiger partial charge in [-0.25, -0.2) is 8.42 Å². The second-order valence-electron chi connectivity index (χ2n) is 4.29. The number of nitro groups is 1. The summed E-state index contributed by atoms with van der Waals surface area (Å²) in [6.07, 6.45) is 0. The van der Waals surface area contributed by atoms with Crippen LogP contribution in [0.25, 0.3) is 0 Å². The third-order valence-electron chi connectivity index (χ3n) is 2.77. The highest BCUT2D eigenvalue weighted by Gasteiger charge is 2.25. The highest BCUT2D eigenvalue weighted by Crippen LogP contribution is 2.25. The molecule has 2 aromatic carbocycles. The van der Waals surface area contributed by atoms with Crippen molar-refractivity contribution in [1.82, 2.24) is 0 Å². The number of rotatable bonds is 6. The van der Waals surface area contributed by atoms with Gasteiger partial charge in [-0.15, -0.1) is 0 Å². The molecule has 0 fully saturated rings. The topological polar surface area (TPSA) is 98.5 Å². The fourth-order valence-electron chi connectivity index (χ4n) is 1.83. The molecule has 116 valence electrons.